The Hall–Kier alpha value is -1.29. The van der Waals surface area contributed by atoms with E-state index < -0.39 is 0 Å². The maximum Gasteiger partial charge on any atom is 0.231 e. The quantitative estimate of drug-likeness (QED) is 0.833. The van der Waals surface area contributed by atoms with Crippen LogP contribution in [0.3, 0.4) is 0 Å². The largest absolute Gasteiger partial charge is 0.453 e. The first-order valence-electron chi connectivity index (χ1n) is 5.55. The van der Waals surface area contributed by atoms with Gasteiger partial charge in [-0.05, 0) is 18.9 Å². The van der Waals surface area contributed by atoms with Crippen molar-refractivity contribution >= 4 is 0 Å². The van der Waals surface area contributed by atoms with Crippen LogP contribution in [0.2, 0.25) is 0 Å². The molecule has 16 heavy (non-hydrogen) atoms. The van der Waals surface area contributed by atoms with Gasteiger partial charge in [-0.1, -0.05) is 12.5 Å². The van der Waals surface area contributed by atoms with Crippen LogP contribution in [-0.4, -0.2) is 13.3 Å². The molecule has 0 bridgehead atoms. The maximum atomic E-state index is 13.4. The van der Waals surface area contributed by atoms with Gasteiger partial charge in [0.2, 0.25) is 12.5 Å². The highest BCUT2D eigenvalue weighted by atomic mass is 19.1. The van der Waals surface area contributed by atoms with Gasteiger partial charge in [0.1, 0.15) is 0 Å². The van der Waals surface area contributed by atoms with Crippen molar-refractivity contribution in [2.45, 2.75) is 24.7 Å². The second kappa shape index (κ2) is 3.35. The smallest absolute Gasteiger partial charge is 0.231 e. The predicted molar refractivity (Wildman–Crippen MR) is 57.1 cm³/mol. The summed E-state index contributed by atoms with van der Waals surface area (Å²) in [6.45, 7) is 0.679. The minimum absolute atomic E-state index is 0.0223. The Balaban J connectivity index is 2.11. The SMILES string of the molecule is NCC1(c2ccc(F)c3c2OCO3)CCC1. The van der Waals surface area contributed by atoms with E-state index in [-0.39, 0.29) is 23.8 Å². The predicted octanol–water partition coefficient (Wildman–Crippen LogP) is 1.93. The molecule has 1 aromatic carbocycles. The Morgan fingerprint density at radius 1 is 1.25 bits per heavy atom. The number of rotatable bonds is 2. The summed E-state index contributed by atoms with van der Waals surface area (Å²) in [4.78, 5) is 0. The fourth-order valence-corrected chi connectivity index (χ4v) is 2.57. The highest BCUT2D eigenvalue weighted by Crippen LogP contribution is 2.50. The number of benzene rings is 1. The number of ether oxygens (including phenoxy) is 2. The lowest BCUT2D eigenvalue weighted by molar-refractivity contribution is 0.166. The van der Waals surface area contributed by atoms with Crippen LogP contribution < -0.4 is 15.2 Å². The van der Waals surface area contributed by atoms with E-state index in [1.807, 2.05) is 0 Å². The van der Waals surface area contributed by atoms with E-state index in [9.17, 15) is 4.39 Å². The maximum absolute atomic E-state index is 13.4. The second-order valence-corrected chi connectivity index (χ2v) is 4.50. The van der Waals surface area contributed by atoms with Crippen molar-refractivity contribution in [3.8, 4) is 11.5 Å². The zero-order valence-corrected chi connectivity index (χ0v) is 8.96. The molecular weight excluding hydrogens is 209 g/mol. The summed E-state index contributed by atoms with van der Waals surface area (Å²) in [7, 11) is 0. The van der Waals surface area contributed by atoms with Crippen LogP contribution in [0.1, 0.15) is 24.8 Å². The van der Waals surface area contributed by atoms with Crippen molar-refractivity contribution in [2.24, 2.45) is 5.73 Å². The summed E-state index contributed by atoms with van der Waals surface area (Å²) in [5.41, 5.74) is 6.83. The standard InChI is InChI=1S/C12H14FNO2/c13-9-3-2-8(10-11(9)16-7-15-10)12(6-14)4-1-5-12/h2-3H,1,4-7,14H2. The average Bonchev–Trinajstić information content (AvgIpc) is 2.70. The zero-order chi connectivity index (χ0) is 11.2. The van der Waals surface area contributed by atoms with Crippen LogP contribution in [0.4, 0.5) is 4.39 Å². The van der Waals surface area contributed by atoms with Crippen LogP contribution in [0.25, 0.3) is 0 Å². The summed E-state index contributed by atoms with van der Waals surface area (Å²) in [5, 5.41) is 0. The molecule has 1 saturated carbocycles. The normalized spacial score (nSPS) is 20.6. The molecule has 1 heterocycles. The van der Waals surface area contributed by atoms with E-state index in [4.69, 9.17) is 15.2 Å². The van der Waals surface area contributed by atoms with E-state index in [1.165, 1.54) is 12.5 Å². The van der Waals surface area contributed by atoms with Crippen LogP contribution in [0.5, 0.6) is 11.5 Å². The summed E-state index contributed by atoms with van der Waals surface area (Å²) < 4.78 is 24.0. The molecule has 2 N–H and O–H groups in total. The minimum atomic E-state index is -0.359. The molecule has 0 aromatic heterocycles. The van der Waals surface area contributed by atoms with Gasteiger partial charge in [-0.25, -0.2) is 4.39 Å². The topological polar surface area (TPSA) is 44.5 Å². The van der Waals surface area contributed by atoms with E-state index in [0.29, 0.717) is 12.3 Å². The average molecular weight is 223 g/mol. The van der Waals surface area contributed by atoms with Crippen molar-refractivity contribution in [3.63, 3.8) is 0 Å². The van der Waals surface area contributed by atoms with Crippen molar-refractivity contribution in [2.75, 3.05) is 13.3 Å². The lowest BCUT2D eigenvalue weighted by Gasteiger charge is -2.41. The number of hydrogen-bond acceptors (Lipinski definition) is 3. The Kier molecular flexibility index (Phi) is 2.07. The number of hydrogen-bond donors (Lipinski definition) is 1. The Morgan fingerprint density at radius 3 is 2.62 bits per heavy atom. The first kappa shape index (κ1) is 9.90. The molecule has 2 aliphatic rings. The minimum Gasteiger partial charge on any atom is -0.453 e. The Morgan fingerprint density at radius 2 is 2.00 bits per heavy atom. The summed E-state index contributed by atoms with van der Waals surface area (Å²) >= 11 is 0. The molecule has 3 nitrogen and oxygen atoms in total. The molecule has 86 valence electrons. The Labute approximate surface area is 93.3 Å². The third-order valence-corrected chi connectivity index (χ3v) is 3.74. The van der Waals surface area contributed by atoms with E-state index in [1.54, 1.807) is 6.07 Å². The Bertz CT molecular complexity index is 424. The van der Waals surface area contributed by atoms with Gasteiger partial charge in [-0.3, -0.25) is 0 Å². The molecule has 0 unspecified atom stereocenters. The molecule has 1 fully saturated rings. The monoisotopic (exact) mass is 223 g/mol. The second-order valence-electron chi connectivity index (χ2n) is 4.50. The van der Waals surface area contributed by atoms with Gasteiger partial charge < -0.3 is 15.2 Å². The fourth-order valence-electron chi connectivity index (χ4n) is 2.57. The first-order chi connectivity index (χ1) is 7.77. The third-order valence-electron chi connectivity index (χ3n) is 3.74. The summed E-state index contributed by atoms with van der Waals surface area (Å²) in [5.74, 6) is 0.449. The van der Waals surface area contributed by atoms with Crippen molar-refractivity contribution in [1.29, 1.82) is 0 Å². The van der Waals surface area contributed by atoms with Crippen LogP contribution >= 0.6 is 0 Å². The van der Waals surface area contributed by atoms with Crippen LogP contribution in [0.15, 0.2) is 12.1 Å². The van der Waals surface area contributed by atoms with Crippen LogP contribution in [0, 0.1) is 5.82 Å². The fraction of sp³-hybridized carbons (Fsp3) is 0.500. The van der Waals surface area contributed by atoms with Crippen molar-refractivity contribution in [3.05, 3.63) is 23.5 Å². The molecule has 0 amide bonds. The highest BCUT2D eigenvalue weighted by molar-refractivity contribution is 5.53. The van der Waals surface area contributed by atoms with Gasteiger partial charge in [0.25, 0.3) is 0 Å². The molecular formula is C12H14FNO2. The zero-order valence-electron chi connectivity index (χ0n) is 8.96. The van der Waals surface area contributed by atoms with E-state index >= 15 is 0 Å². The van der Waals surface area contributed by atoms with Gasteiger partial charge in [0.15, 0.2) is 11.6 Å². The van der Waals surface area contributed by atoms with Gasteiger partial charge in [0.05, 0.1) is 0 Å². The lowest BCUT2D eigenvalue weighted by atomic mass is 9.64. The van der Waals surface area contributed by atoms with Gasteiger partial charge in [-0.15, -0.1) is 0 Å². The number of fused-ring (bicyclic) bond motifs is 1. The van der Waals surface area contributed by atoms with Crippen LogP contribution in [-0.2, 0) is 5.41 Å². The molecule has 0 radical (unpaired) electrons. The lowest BCUT2D eigenvalue weighted by Crippen LogP contribution is -2.41. The van der Waals surface area contributed by atoms with Gasteiger partial charge in [0, 0.05) is 17.5 Å². The molecule has 4 heteroatoms. The first-order valence-corrected chi connectivity index (χ1v) is 5.55. The highest BCUT2D eigenvalue weighted by Gasteiger charge is 2.41. The third kappa shape index (κ3) is 1.16. The van der Waals surface area contributed by atoms with Crippen molar-refractivity contribution < 1.29 is 13.9 Å². The van der Waals surface area contributed by atoms with Gasteiger partial charge >= 0.3 is 0 Å². The summed E-state index contributed by atoms with van der Waals surface area (Å²) in [6, 6.07) is 3.23. The van der Waals surface area contributed by atoms with Crippen molar-refractivity contribution in [1.82, 2.24) is 0 Å². The molecule has 1 aliphatic heterocycles. The van der Waals surface area contributed by atoms with E-state index in [0.717, 1.165) is 18.4 Å². The molecule has 0 atom stereocenters. The molecule has 0 saturated heterocycles. The van der Waals surface area contributed by atoms with E-state index in [2.05, 4.69) is 0 Å². The molecule has 0 spiro atoms. The summed E-state index contributed by atoms with van der Waals surface area (Å²) in [6.07, 6.45) is 3.26. The molecule has 1 aliphatic carbocycles. The number of halogens is 1. The number of nitrogens with two attached hydrogens (primary N) is 1. The molecule has 3 rings (SSSR count). The van der Waals surface area contributed by atoms with Gasteiger partial charge in [-0.2, -0.15) is 0 Å². The molecule has 1 aromatic rings.